The topological polar surface area (TPSA) is 41.3 Å². The number of hydrogen-bond donors (Lipinski definition) is 2. The van der Waals surface area contributed by atoms with E-state index >= 15 is 0 Å². The van der Waals surface area contributed by atoms with E-state index in [1.807, 2.05) is 24.3 Å². The van der Waals surface area contributed by atoms with Crippen LogP contribution in [0.15, 0.2) is 24.3 Å². The largest absolute Gasteiger partial charge is 0.399 e. The van der Waals surface area contributed by atoms with Crippen molar-refractivity contribution in [1.29, 1.82) is 0 Å². The van der Waals surface area contributed by atoms with Crippen molar-refractivity contribution in [3.8, 4) is 0 Å². The van der Waals surface area contributed by atoms with E-state index in [9.17, 15) is 0 Å². The third-order valence-corrected chi connectivity index (χ3v) is 2.37. The second kappa shape index (κ2) is 4.86. The van der Waals surface area contributed by atoms with E-state index in [1.54, 1.807) is 0 Å². The maximum absolute atomic E-state index is 5.67. The third-order valence-electron chi connectivity index (χ3n) is 2.37. The molecule has 3 N–H and O–H groups in total. The normalized spacial score (nSPS) is 12.9. The fourth-order valence-electron chi connectivity index (χ4n) is 1.10. The van der Waals surface area contributed by atoms with Crippen LogP contribution in [0.1, 0.15) is 6.92 Å². The number of likely N-dealkylation sites (N-methyl/N-ethyl adjacent to an activating group) is 1. The molecule has 0 aromatic heterocycles. The van der Waals surface area contributed by atoms with Crippen molar-refractivity contribution >= 4 is 11.4 Å². The average Bonchev–Trinajstić information content (AvgIpc) is 2.14. The van der Waals surface area contributed by atoms with Gasteiger partial charge < -0.3 is 16.0 Å². The van der Waals surface area contributed by atoms with Crippen LogP contribution in [0, 0.1) is 0 Å². The number of benzene rings is 1. The Morgan fingerprint density at radius 3 is 2.71 bits per heavy atom. The van der Waals surface area contributed by atoms with Gasteiger partial charge in [0.25, 0.3) is 0 Å². The minimum absolute atomic E-state index is 0.511. The highest BCUT2D eigenvalue weighted by Crippen LogP contribution is 2.11. The molecule has 1 aromatic carbocycles. The first-order valence-corrected chi connectivity index (χ1v) is 4.85. The molecule has 0 aliphatic carbocycles. The molecule has 3 heteroatoms. The quantitative estimate of drug-likeness (QED) is 0.714. The number of anilines is 2. The van der Waals surface area contributed by atoms with Gasteiger partial charge in [-0.3, -0.25) is 0 Å². The molecule has 0 saturated heterocycles. The van der Waals surface area contributed by atoms with Crippen molar-refractivity contribution in [2.24, 2.45) is 0 Å². The number of nitrogens with zero attached hydrogens (tertiary/aromatic N) is 1. The number of hydrogen-bond acceptors (Lipinski definition) is 3. The van der Waals surface area contributed by atoms with Gasteiger partial charge in [-0.2, -0.15) is 0 Å². The molecule has 0 bridgehead atoms. The second-order valence-electron chi connectivity index (χ2n) is 3.82. The Hall–Kier alpha value is -1.22. The lowest BCUT2D eigenvalue weighted by Crippen LogP contribution is -2.31. The van der Waals surface area contributed by atoms with Crippen LogP contribution in [0.4, 0.5) is 11.4 Å². The fraction of sp³-hybridized carbons (Fsp3) is 0.455. The Balaban J connectivity index is 2.45. The molecule has 1 atom stereocenters. The molecule has 0 fully saturated rings. The van der Waals surface area contributed by atoms with Crippen LogP contribution >= 0.6 is 0 Å². The van der Waals surface area contributed by atoms with Crippen LogP contribution in [-0.2, 0) is 0 Å². The number of nitrogens with two attached hydrogens (primary N) is 1. The van der Waals surface area contributed by atoms with E-state index < -0.39 is 0 Å². The highest BCUT2D eigenvalue weighted by molar-refractivity contribution is 5.54. The maximum atomic E-state index is 5.67. The Kier molecular flexibility index (Phi) is 3.77. The van der Waals surface area contributed by atoms with Crippen molar-refractivity contribution in [1.82, 2.24) is 4.90 Å². The lowest BCUT2D eigenvalue weighted by Gasteiger charge is -2.20. The first-order valence-electron chi connectivity index (χ1n) is 4.85. The van der Waals surface area contributed by atoms with Crippen molar-refractivity contribution < 1.29 is 0 Å². The van der Waals surface area contributed by atoms with E-state index in [0.717, 1.165) is 17.9 Å². The van der Waals surface area contributed by atoms with E-state index in [2.05, 4.69) is 31.2 Å². The SMILES string of the molecule is CC(CNc1cccc(N)c1)N(C)C. The van der Waals surface area contributed by atoms with Gasteiger partial charge in [-0.05, 0) is 39.2 Å². The smallest absolute Gasteiger partial charge is 0.0361 e. The molecule has 0 heterocycles. The van der Waals surface area contributed by atoms with Gasteiger partial charge in [-0.15, -0.1) is 0 Å². The zero-order chi connectivity index (χ0) is 10.6. The molecule has 14 heavy (non-hydrogen) atoms. The van der Waals surface area contributed by atoms with Crippen molar-refractivity contribution in [2.45, 2.75) is 13.0 Å². The van der Waals surface area contributed by atoms with Gasteiger partial charge in [0.2, 0.25) is 0 Å². The highest BCUT2D eigenvalue weighted by Gasteiger charge is 2.03. The first kappa shape index (κ1) is 10.9. The van der Waals surface area contributed by atoms with Gasteiger partial charge in [0, 0.05) is 24.0 Å². The summed E-state index contributed by atoms with van der Waals surface area (Å²) in [5.41, 5.74) is 7.56. The van der Waals surface area contributed by atoms with Crippen LogP contribution in [-0.4, -0.2) is 31.6 Å². The van der Waals surface area contributed by atoms with Crippen molar-refractivity contribution in [3.63, 3.8) is 0 Å². The molecule has 0 amide bonds. The summed E-state index contributed by atoms with van der Waals surface area (Å²) in [5, 5.41) is 3.34. The van der Waals surface area contributed by atoms with E-state index in [1.165, 1.54) is 0 Å². The maximum Gasteiger partial charge on any atom is 0.0361 e. The van der Waals surface area contributed by atoms with Crippen LogP contribution < -0.4 is 11.1 Å². The van der Waals surface area contributed by atoms with Crippen molar-refractivity contribution in [2.75, 3.05) is 31.7 Å². The summed E-state index contributed by atoms with van der Waals surface area (Å²) in [7, 11) is 4.15. The fourth-order valence-corrected chi connectivity index (χ4v) is 1.10. The van der Waals surface area contributed by atoms with Gasteiger partial charge in [0.15, 0.2) is 0 Å². The monoisotopic (exact) mass is 193 g/mol. The second-order valence-corrected chi connectivity index (χ2v) is 3.82. The molecule has 1 unspecified atom stereocenters. The molecule has 78 valence electrons. The molecule has 0 spiro atoms. The highest BCUT2D eigenvalue weighted by atomic mass is 15.1. The Labute approximate surface area is 85.9 Å². The molecular formula is C11H19N3. The summed E-state index contributed by atoms with van der Waals surface area (Å²) in [6, 6.07) is 8.33. The van der Waals surface area contributed by atoms with E-state index in [-0.39, 0.29) is 0 Å². The predicted molar refractivity (Wildman–Crippen MR) is 62.5 cm³/mol. The molecule has 0 aliphatic rings. The molecule has 0 radical (unpaired) electrons. The van der Waals surface area contributed by atoms with Crippen LogP contribution in [0.25, 0.3) is 0 Å². The minimum atomic E-state index is 0.511. The number of rotatable bonds is 4. The van der Waals surface area contributed by atoms with Crippen LogP contribution in [0.2, 0.25) is 0 Å². The Morgan fingerprint density at radius 1 is 1.43 bits per heavy atom. The standard InChI is InChI=1S/C11H19N3/c1-9(14(2)3)8-13-11-6-4-5-10(12)7-11/h4-7,9,13H,8,12H2,1-3H3. The molecule has 0 saturated carbocycles. The average molecular weight is 193 g/mol. The van der Waals surface area contributed by atoms with Gasteiger partial charge in [-0.1, -0.05) is 6.07 Å². The molecular weight excluding hydrogens is 174 g/mol. The van der Waals surface area contributed by atoms with Gasteiger partial charge >= 0.3 is 0 Å². The summed E-state index contributed by atoms with van der Waals surface area (Å²) >= 11 is 0. The van der Waals surface area contributed by atoms with Gasteiger partial charge in [0.1, 0.15) is 0 Å². The number of nitrogens with one attached hydrogen (secondary N) is 1. The zero-order valence-electron chi connectivity index (χ0n) is 9.12. The summed E-state index contributed by atoms with van der Waals surface area (Å²) in [6.07, 6.45) is 0. The predicted octanol–water partition coefficient (Wildman–Crippen LogP) is 1.63. The van der Waals surface area contributed by atoms with Gasteiger partial charge in [-0.25, -0.2) is 0 Å². The Morgan fingerprint density at radius 2 is 2.14 bits per heavy atom. The number of nitrogen functional groups attached to an aromatic ring is 1. The van der Waals surface area contributed by atoms with E-state index in [4.69, 9.17) is 5.73 Å². The van der Waals surface area contributed by atoms with Crippen LogP contribution in [0.3, 0.4) is 0 Å². The van der Waals surface area contributed by atoms with E-state index in [0.29, 0.717) is 6.04 Å². The molecule has 3 nitrogen and oxygen atoms in total. The lowest BCUT2D eigenvalue weighted by molar-refractivity contribution is 0.326. The first-order chi connectivity index (χ1) is 6.59. The molecule has 0 aliphatic heterocycles. The molecule has 1 aromatic rings. The zero-order valence-corrected chi connectivity index (χ0v) is 9.12. The minimum Gasteiger partial charge on any atom is -0.399 e. The third kappa shape index (κ3) is 3.26. The summed E-state index contributed by atoms with van der Waals surface area (Å²) < 4.78 is 0. The lowest BCUT2D eigenvalue weighted by atomic mass is 10.2. The molecule has 1 rings (SSSR count). The summed E-state index contributed by atoms with van der Waals surface area (Å²) in [6.45, 7) is 3.11. The summed E-state index contributed by atoms with van der Waals surface area (Å²) in [4.78, 5) is 2.18. The summed E-state index contributed by atoms with van der Waals surface area (Å²) in [5.74, 6) is 0. The van der Waals surface area contributed by atoms with Crippen LogP contribution in [0.5, 0.6) is 0 Å². The van der Waals surface area contributed by atoms with Gasteiger partial charge in [0.05, 0.1) is 0 Å². The Bertz CT molecular complexity index is 284. The van der Waals surface area contributed by atoms with Crippen molar-refractivity contribution in [3.05, 3.63) is 24.3 Å².